The monoisotopic (exact) mass is 317 g/mol. The highest BCUT2D eigenvalue weighted by atomic mass is 16.2. The van der Waals surface area contributed by atoms with Crippen molar-refractivity contribution in [1.82, 2.24) is 15.1 Å². The molecule has 1 aromatic rings. The first-order chi connectivity index (χ1) is 11.1. The standard InChI is InChI=1S/C17H27N5O/c1-20(2)15-12-16(19-18-13-15)21-8-10-22(11-9-21)17(23)14-6-4-3-5-7-14/h12-14H,3-11H2,1-2H3. The molecule has 6 nitrogen and oxygen atoms in total. The molecule has 126 valence electrons. The van der Waals surface area contributed by atoms with Crippen LogP contribution in [0, 0.1) is 5.92 Å². The fourth-order valence-electron chi connectivity index (χ4n) is 3.51. The fourth-order valence-corrected chi connectivity index (χ4v) is 3.51. The van der Waals surface area contributed by atoms with Gasteiger partial charge in [0.2, 0.25) is 5.91 Å². The van der Waals surface area contributed by atoms with Crippen molar-refractivity contribution in [2.45, 2.75) is 32.1 Å². The lowest BCUT2D eigenvalue weighted by atomic mass is 9.88. The van der Waals surface area contributed by atoms with Crippen LogP contribution >= 0.6 is 0 Å². The largest absolute Gasteiger partial charge is 0.376 e. The number of hydrogen-bond donors (Lipinski definition) is 0. The summed E-state index contributed by atoms with van der Waals surface area (Å²) in [6.45, 7) is 3.26. The summed E-state index contributed by atoms with van der Waals surface area (Å²) >= 11 is 0. The molecule has 1 amide bonds. The summed E-state index contributed by atoms with van der Waals surface area (Å²) in [6.07, 6.45) is 7.64. The Balaban J connectivity index is 1.57. The topological polar surface area (TPSA) is 52.6 Å². The molecule has 2 aliphatic rings. The quantitative estimate of drug-likeness (QED) is 0.850. The molecular weight excluding hydrogens is 290 g/mol. The number of rotatable bonds is 3. The zero-order chi connectivity index (χ0) is 16.2. The van der Waals surface area contributed by atoms with Gasteiger partial charge in [-0.05, 0) is 12.8 Å². The summed E-state index contributed by atoms with van der Waals surface area (Å²) in [4.78, 5) is 18.9. The molecule has 0 atom stereocenters. The van der Waals surface area contributed by atoms with E-state index in [1.54, 1.807) is 6.20 Å². The summed E-state index contributed by atoms with van der Waals surface area (Å²) in [6, 6.07) is 2.06. The molecule has 1 saturated carbocycles. The van der Waals surface area contributed by atoms with Crippen molar-refractivity contribution in [3.05, 3.63) is 12.3 Å². The number of amides is 1. The maximum atomic E-state index is 12.6. The van der Waals surface area contributed by atoms with E-state index >= 15 is 0 Å². The van der Waals surface area contributed by atoms with Gasteiger partial charge < -0.3 is 14.7 Å². The lowest BCUT2D eigenvalue weighted by Gasteiger charge is -2.37. The molecule has 1 aliphatic heterocycles. The SMILES string of the molecule is CN(C)c1cnnc(N2CCN(C(=O)C3CCCCC3)CC2)c1. The first kappa shape index (κ1) is 16.0. The van der Waals surface area contributed by atoms with Gasteiger partial charge in [-0.3, -0.25) is 4.79 Å². The molecule has 2 heterocycles. The maximum Gasteiger partial charge on any atom is 0.225 e. The van der Waals surface area contributed by atoms with Crippen LogP contribution in [0.3, 0.4) is 0 Å². The second-order valence-corrected chi connectivity index (χ2v) is 6.81. The van der Waals surface area contributed by atoms with Crippen LogP contribution in [0.2, 0.25) is 0 Å². The predicted molar refractivity (Wildman–Crippen MR) is 91.7 cm³/mol. The second-order valence-electron chi connectivity index (χ2n) is 6.81. The zero-order valence-corrected chi connectivity index (χ0v) is 14.2. The molecule has 1 aliphatic carbocycles. The molecule has 3 rings (SSSR count). The van der Waals surface area contributed by atoms with E-state index < -0.39 is 0 Å². The number of carbonyl (C=O) groups excluding carboxylic acids is 1. The van der Waals surface area contributed by atoms with Gasteiger partial charge >= 0.3 is 0 Å². The van der Waals surface area contributed by atoms with Crippen LogP contribution in [0.15, 0.2) is 12.3 Å². The third-order valence-electron chi connectivity index (χ3n) is 5.01. The lowest BCUT2D eigenvalue weighted by Crippen LogP contribution is -2.50. The number of piperazine rings is 1. The Hall–Kier alpha value is -1.85. The van der Waals surface area contributed by atoms with Crippen molar-refractivity contribution in [3.8, 4) is 0 Å². The summed E-state index contributed by atoms with van der Waals surface area (Å²) in [5.74, 6) is 1.55. The molecule has 2 fully saturated rings. The molecule has 6 heteroatoms. The smallest absolute Gasteiger partial charge is 0.225 e. The van der Waals surface area contributed by atoms with Gasteiger partial charge in [0.15, 0.2) is 5.82 Å². The van der Waals surface area contributed by atoms with E-state index in [1.165, 1.54) is 19.3 Å². The summed E-state index contributed by atoms with van der Waals surface area (Å²) in [5, 5.41) is 8.35. The molecule has 0 bridgehead atoms. The molecule has 0 spiro atoms. The summed E-state index contributed by atoms with van der Waals surface area (Å²) in [5.41, 5.74) is 1.05. The zero-order valence-electron chi connectivity index (χ0n) is 14.2. The Morgan fingerprint density at radius 2 is 1.83 bits per heavy atom. The van der Waals surface area contributed by atoms with E-state index in [0.29, 0.717) is 5.91 Å². The number of nitrogens with zero attached hydrogens (tertiary/aromatic N) is 5. The molecule has 0 radical (unpaired) electrons. The number of carbonyl (C=O) groups is 1. The minimum absolute atomic E-state index is 0.271. The average Bonchev–Trinajstić information content (AvgIpc) is 2.62. The van der Waals surface area contributed by atoms with Crippen molar-refractivity contribution < 1.29 is 4.79 Å². The Morgan fingerprint density at radius 1 is 1.13 bits per heavy atom. The van der Waals surface area contributed by atoms with E-state index in [-0.39, 0.29) is 5.92 Å². The highest BCUT2D eigenvalue weighted by Crippen LogP contribution is 2.26. The van der Waals surface area contributed by atoms with Crippen molar-refractivity contribution in [3.63, 3.8) is 0 Å². The Morgan fingerprint density at radius 3 is 2.48 bits per heavy atom. The second kappa shape index (κ2) is 7.15. The maximum absolute atomic E-state index is 12.6. The van der Waals surface area contributed by atoms with Gasteiger partial charge in [0.25, 0.3) is 0 Å². The van der Waals surface area contributed by atoms with Crippen LogP contribution < -0.4 is 9.80 Å². The highest BCUT2D eigenvalue weighted by molar-refractivity contribution is 5.79. The average molecular weight is 317 g/mol. The van der Waals surface area contributed by atoms with Crippen LogP contribution in [0.25, 0.3) is 0 Å². The first-order valence-electron chi connectivity index (χ1n) is 8.69. The number of anilines is 2. The molecule has 0 aromatic carbocycles. The molecule has 0 unspecified atom stereocenters. The lowest BCUT2D eigenvalue weighted by molar-refractivity contribution is -0.136. The fraction of sp³-hybridized carbons (Fsp3) is 0.706. The van der Waals surface area contributed by atoms with Gasteiger partial charge in [-0.25, -0.2) is 0 Å². The number of aromatic nitrogens is 2. The van der Waals surface area contributed by atoms with Crippen molar-refractivity contribution >= 4 is 17.4 Å². The van der Waals surface area contributed by atoms with Crippen molar-refractivity contribution in [2.75, 3.05) is 50.1 Å². The normalized spacial score (nSPS) is 19.7. The summed E-state index contributed by atoms with van der Waals surface area (Å²) < 4.78 is 0. The van der Waals surface area contributed by atoms with E-state index in [9.17, 15) is 4.79 Å². The van der Waals surface area contributed by atoms with Crippen LogP contribution in [0.1, 0.15) is 32.1 Å². The first-order valence-corrected chi connectivity index (χ1v) is 8.69. The van der Waals surface area contributed by atoms with E-state index in [0.717, 1.165) is 50.5 Å². The van der Waals surface area contributed by atoms with E-state index in [2.05, 4.69) is 26.1 Å². The van der Waals surface area contributed by atoms with Gasteiger partial charge in [0.1, 0.15) is 0 Å². The van der Waals surface area contributed by atoms with Crippen LogP contribution in [0.5, 0.6) is 0 Å². The highest BCUT2D eigenvalue weighted by Gasteiger charge is 2.28. The van der Waals surface area contributed by atoms with Gasteiger partial charge in [0.05, 0.1) is 11.9 Å². The van der Waals surface area contributed by atoms with Gasteiger partial charge in [0, 0.05) is 52.3 Å². The molecular formula is C17H27N5O. The van der Waals surface area contributed by atoms with Crippen molar-refractivity contribution in [2.24, 2.45) is 5.92 Å². The Labute approximate surface area is 138 Å². The number of hydrogen-bond acceptors (Lipinski definition) is 5. The third-order valence-corrected chi connectivity index (χ3v) is 5.01. The minimum Gasteiger partial charge on any atom is -0.376 e. The van der Waals surface area contributed by atoms with E-state index in [4.69, 9.17) is 0 Å². The molecule has 1 aromatic heterocycles. The molecule has 0 N–H and O–H groups in total. The van der Waals surface area contributed by atoms with Gasteiger partial charge in [-0.2, -0.15) is 5.10 Å². The van der Waals surface area contributed by atoms with Crippen LogP contribution in [-0.2, 0) is 4.79 Å². The van der Waals surface area contributed by atoms with Gasteiger partial charge in [-0.15, -0.1) is 5.10 Å². The Bertz CT molecular complexity index is 534. The predicted octanol–water partition coefficient (Wildman–Crippen LogP) is 1.77. The summed E-state index contributed by atoms with van der Waals surface area (Å²) in [7, 11) is 4.00. The van der Waals surface area contributed by atoms with E-state index in [1.807, 2.05) is 19.0 Å². The van der Waals surface area contributed by atoms with Gasteiger partial charge in [-0.1, -0.05) is 19.3 Å². The molecule has 23 heavy (non-hydrogen) atoms. The van der Waals surface area contributed by atoms with Crippen LogP contribution in [0.4, 0.5) is 11.5 Å². The molecule has 1 saturated heterocycles. The van der Waals surface area contributed by atoms with Crippen molar-refractivity contribution in [1.29, 1.82) is 0 Å². The minimum atomic E-state index is 0.271. The third kappa shape index (κ3) is 3.74. The van der Waals surface area contributed by atoms with Crippen LogP contribution in [-0.4, -0.2) is 61.3 Å². The Kier molecular flexibility index (Phi) is 4.98.